The number of likely N-dealkylation sites (tertiary alicyclic amines) is 1. The van der Waals surface area contributed by atoms with Crippen LogP contribution in [0.25, 0.3) is 0 Å². The van der Waals surface area contributed by atoms with Crippen LogP contribution in [0, 0.1) is 5.92 Å². The molecule has 114 valence electrons. The molecule has 1 fully saturated rings. The lowest BCUT2D eigenvalue weighted by atomic mass is 10.0. The number of fused-ring (bicyclic) bond motifs is 1. The Morgan fingerprint density at radius 2 is 2.00 bits per heavy atom. The number of carbonyl (C=O) groups is 1. The first-order valence-electron chi connectivity index (χ1n) is 7.63. The van der Waals surface area contributed by atoms with Gasteiger partial charge in [-0.05, 0) is 24.0 Å². The SMILES string of the molecule is CCCC1CC(=O)N(Cc2cc3c(cc2N)OCCO3)C1. The molecular formula is C16H22N2O3. The van der Waals surface area contributed by atoms with Gasteiger partial charge in [0.05, 0.1) is 0 Å². The molecule has 2 aliphatic heterocycles. The second kappa shape index (κ2) is 5.84. The molecular weight excluding hydrogens is 268 g/mol. The average molecular weight is 290 g/mol. The highest BCUT2D eigenvalue weighted by atomic mass is 16.6. The Morgan fingerprint density at radius 3 is 2.71 bits per heavy atom. The van der Waals surface area contributed by atoms with Crippen molar-refractivity contribution in [2.24, 2.45) is 5.92 Å². The molecule has 5 nitrogen and oxygen atoms in total. The molecule has 21 heavy (non-hydrogen) atoms. The molecule has 3 rings (SSSR count). The quantitative estimate of drug-likeness (QED) is 0.863. The summed E-state index contributed by atoms with van der Waals surface area (Å²) in [5.41, 5.74) is 7.68. The summed E-state index contributed by atoms with van der Waals surface area (Å²) in [6, 6.07) is 3.71. The number of hydrogen-bond donors (Lipinski definition) is 1. The summed E-state index contributed by atoms with van der Waals surface area (Å²) >= 11 is 0. The molecule has 2 aliphatic rings. The summed E-state index contributed by atoms with van der Waals surface area (Å²) in [7, 11) is 0. The predicted molar refractivity (Wildman–Crippen MR) is 80.3 cm³/mol. The van der Waals surface area contributed by atoms with Gasteiger partial charge in [-0.15, -0.1) is 0 Å². The third-order valence-electron chi connectivity index (χ3n) is 4.16. The second-order valence-corrected chi connectivity index (χ2v) is 5.83. The lowest BCUT2D eigenvalue weighted by Crippen LogP contribution is -2.25. The fraction of sp³-hybridized carbons (Fsp3) is 0.562. The number of hydrogen-bond acceptors (Lipinski definition) is 4. The van der Waals surface area contributed by atoms with E-state index >= 15 is 0 Å². The lowest BCUT2D eigenvalue weighted by molar-refractivity contribution is -0.128. The van der Waals surface area contributed by atoms with E-state index in [1.807, 2.05) is 11.0 Å². The van der Waals surface area contributed by atoms with Crippen molar-refractivity contribution in [3.63, 3.8) is 0 Å². The fourth-order valence-corrected chi connectivity index (χ4v) is 3.10. The van der Waals surface area contributed by atoms with Crippen LogP contribution >= 0.6 is 0 Å². The van der Waals surface area contributed by atoms with E-state index in [1.54, 1.807) is 6.07 Å². The maximum absolute atomic E-state index is 12.1. The van der Waals surface area contributed by atoms with E-state index in [2.05, 4.69) is 6.92 Å². The van der Waals surface area contributed by atoms with Gasteiger partial charge in [0.15, 0.2) is 11.5 Å². The van der Waals surface area contributed by atoms with E-state index in [4.69, 9.17) is 15.2 Å². The van der Waals surface area contributed by atoms with Gasteiger partial charge in [0, 0.05) is 31.3 Å². The zero-order valence-corrected chi connectivity index (χ0v) is 12.4. The molecule has 1 atom stereocenters. The number of ether oxygens (including phenoxy) is 2. The standard InChI is InChI=1S/C16H22N2O3/c1-2-3-11-6-16(19)18(9-11)10-12-7-14-15(8-13(12)17)21-5-4-20-14/h7-8,11H,2-6,9-10,17H2,1H3. The molecule has 5 heteroatoms. The highest BCUT2D eigenvalue weighted by Crippen LogP contribution is 2.35. The highest BCUT2D eigenvalue weighted by molar-refractivity contribution is 5.79. The Balaban J connectivity index is 1.74. The van der Waals surface area contributed by atoms with Gasteiger partial charge in [0.2, 0.25) is 5.91 Å². The summed E-state index contributed by atoms with van der Waals surface area (Å²) in [5, 5.41) is 0. The molecule has 1 aromatic rings. The van der Waals surface area contributed by atoms with Crippen LogP contribution in [0.1, 0.15) is 31.7 Å². The number of nitrogens with two attached hydrogens (primary N) is 1. The van der Waals surface area contributed by atoms with Crippen molar-refractivity contribution >= 4 is 11.6 Å². The monoisotopic (exact) mass is 290 g/mol. The Labute approximate surface area is 125 Å². The van der Waals surface area contributed by atoms with Crippen molar-refractivity contribution in [2.45, 2.75) is 32.7 Å². The minimum Gasteiger partial charge on any atom is -0.486 e. The fourth-order valence-electron chi connectivity index (χ4n) is 3.10. The molecule has 1 saturated heterocycles. The van der Waals surface area contributed by atoms with Crippen molar-refractivity contribution in [2.75, 3.05) is 25.5 Å². The van der Waals surface area contributed by atoms with E-state index in [-0.39, 0.29) is 5.91 Å². The number of amides is 1. The summed E-state index contributed by atoms with van der Waals surface area (Å²) < 4.78 is 11.1. The summed E-state index contributed by atoms with van der Waals surface area (Å²) in [5.74, 6) is 2.13. The number of nitrogen functional groups attached to an aromatic ring is 1. The molecule has 1 unspecified atom stereocenters. The van der Waals surface area contributed by atoms with E-state index < -0.39 is 0 Å². The number of rotatable bonds is 4. The lowest BCUT2D eigenvalue weighted by Gasteiger charge is -2.22. The Bertz CT molecular complexity index is 545. The maximum atomic E-state index is 12.1. The van der Waals surface area contributed by atoms with Crippen molar-refractivity contribution in [1.29, 1.82) is 0 Å². The van der Waals surface area contributed by atoms with Gasteiger partial charge in [-0.25, -0.2) is 0 Å². The highest BCUT2D eigenvalue weighted by Gasteiger charge is 2.29. The first-order valence-corrected chi connectivity index (χ1v) is 7.63. The number of benzene rings is 1. The first kappa shape index (κ1) is 14.0. The summed E-state index contributed by atoms with van der Waals surface area (Å²) in [6.07, 6.45) is 2.90. The van der Waals surface area contributed by atoms with Crippen LogP contribution < -0.4 is 15.2 Å². The van der Waals surface area contributed by atoms with Crippen molar-refractivity contribution in [3.8, 4) is 11.5 Å². The van der Waals surface area contributed by atoms with Gasteiger partial charge < -0.3 is 20.1 Å². The van der Waals surface area contributed by atoms with Crippen molar-refractivity contribution in [3.05, 3.63) is 17.7 Å². The molecule has 0 bridgehead atoms. The minimum absolute atomic E-state index is 0.225. The molecule has 1 aromatic carbocycles. The minimum atomic E-state index is 0.225. The average Bonchev–Trinajstić information content (AvgIpc) is 2.80. The molecule has 2 heterocycles. The van der Waals surface area contributed by atoms with Gasteiger partial charge in [-0.2, -0.15) is 0 Å². The molecule has 0 saturated carbocycles. The summed E-state index contributed by atoms with van der Waals surface area (Å²) in [4.78, 5) is 14.0. The molecule has 0 radical (unpaired) electrons. The van der Waals surface area contributed by atoms with Crippen LogP contribution in [-0.4, -0.2) is 30.6 Å². The van der Waals surface area contributed by atoms with Crippen LogP contribution in [0.3, 0.4) is 0 Å². The predicted octanol–water partition coefficient (Wildman–Crippen LogP) is 2.19. The molecule has 0 spiro atoms. The van der Waals surface area contributed by atoms with Crippen LogP contribution in [0.5, 0.6) is 11.5 Å². The third-order valence-corrected chi connectivity index (χ3v) is 4.16. The largest absolute Gasteiger partial charge is 0.486 e. The zero-order chi connectivity index (χ0) is 14.8. The maximum Gasteiger partial charge on any atom is 0.223 e. The van der Waals surface area contributed by atoms with Crippen molar-refractivity contribution < 1.29 is 14.3 Å². The Hall–Kier alpha value is -1.91. The molecule has 2 N–H and O–H groups in total. The van der Waals surface area contributed by atoms with Gasteiger partial charge >= 0.3 is 0 Å². The summed E-state index contributed by atoms with van der Waals surface area (Å²) in [6.45, 7) is 4.65. The Kier molecular flexibility index (Phi) is 3.90. The van der Waals surface area contributed by atoms with Gasteiger partial charge in [0.1, 0.15) is 13.2 Å². The normalized spacial score (nSPS) is 20.9. The van der Waals surface area contributed by atoms with Gasteiger partial charge in [-0.1, -0.05) is 13.3 Å². The van der Waals surface area contributed by atoms with Crippen molar-refractivity contribution in [1.82, 2.24) is 4.90 Å². The van der Waals surface area contributed by atoms with Crippen LogP contribution in [0.4, 0.5) is 5.69 Å². The van der Waals surface area contributed by atoms with E-state index in [0.717, 1.165) is 30.7 Å². The van der Waals surface area contributed by atoms with E-state index in [1.165, 1.54) is 0 Å². The van der Waals surface area contributed by atoms with Gasteiger partial charge in [0.25, 0.3) is 0 Å². The van der Waals surface area contributed by atoms with Crippen LogP contribution in [0.15, 0.2) is 12.1 Å². The van der Waals surface area contributed by atoms with Crippen LogP contribution in [0.2, 0.25) is 0 Å². The smallest absolute Gasteiger partial charge is 0.223 e. The van der Waals surface area contributed by atoms with Crippen LogP contribution in [-0.2, 0) is 11.3 Å². The topological polar surface area (TPSA) is 64.8 Å². The molecule has 0 aliphatic carbocycles. The number of carbonyl (C=O) groups excluding carboxylic acids is 1. The zero-order valence-electron chi connectivity index (χ0n) is 12.4. The Morgan fingerprint density at radius 1 is 1.29 bits per heavy atom. The first-order chi connectivity index (χ1) is 10.2. The van der Waals surface area contributed by atoms with Gasteiger partial charge in [-0.3, -0.25) is 4.79 Å². The molecule has 0 aromatic heterocycles. The van der Waals surface area contributed by atoms with E-state index in [0.29, 0.717) is 43.5 Å². The second-order valence-electron chi connectivity index (χ2n) is 5.83. The van der Waals surface area contributed by atoms with E-state index in [9.17, 15) is 4.79 Å². The third kappa shape index (κ3) is 2.91. The number of nitrogens with zero attached hydrogens (tertiary/aromatic N) is 1. The molecule has 1 amide bonds. The number of anilines is 1.